The molecular formula is C24H24N2O3. The lowest BCUT2D eigenvalue weighted by atomic mass is 10.1. The van der Waals surface area contributed by atoms with Crippen LogP contribution in [-0.2, 0) is 4.79 Å². The summed E-state index contributed by atoms with van der Waals surface area (Å²) in [7, 11) is 0. The third-order valence-corrected chi connectivity index (χ3v) is 5.18. The summed E-state index contributed by atoms with van der Waals surface area (Å²) in [6, 6.07) is 20.8. The molecule has 5 nitrogen and oxygen atoms in total. The van der Waals surface area contributed by atoms with Gasteiger partial charge in [0.15, 0.2) is 6.61 Å². The second-order valence-electron chi connectivity index (χ2n) is 7.21. The van der Waals surface area contributed by atoms with E-state index in [9.17, 15) is 9.59 Å². The van der Waals surface area contributed by atoms with Crippen molar-refractivity contribution in [2.24, 2.45) is 0 Å². The van der Waals surface area contributed by atoms with Crippen LogP contribution in [0.1, 0.15) is 29.6 Å². The standard InChI is InChI=1S/C24H24N2O3/c27-23(17-29-22-14-8-10-18-9-2-3-11-19(18)22)25-21-13-5-4-12-20(21)24(28)26-15-6-1-7-16-26/h2-5,8-14H,1,6-7,15-17H2,(H,25,27). The summed E-state index contributed by atoms with van der Waals surface area (Å²) in [5, 5.41) is 4.86. The number of hydrogen-bond donors (Lipinski definition) is 1. The molecule has 4 rings (SSSR count). The second-order valence-corrected chi connectivity index (χ2v) is 7.21. The molecule has 3 aromatic rings. The lowest BCUT2D eigenvalue weighted by Crippen LogP contribution is -2.36. The topological polar surface area (TPSA) is 58.6 Å². The van der Waals surface area contributed by atoms with Gasteiger partial charge in [0.05, 0.1) is 11.3 Å². The SMILES string of the molecule is O=C(COc1cccc2ccccc12)Nc1ccccc1C(=O)N1CCCCC1. The van der Waals surface area contributed by atoms with Gasteiger partial charge in [-0.2, -0.15) is 0 Å². The second kappa shape index (κ2) is 8.78. The van der Waals surface area contributed by atoms with Crippen LogP contribution >= 0.6 is 0 Å². The summed E-state index contributed by atoms with van der Waals surface area (Å²) in [4.78, 5) is 27.2. The molecule has 0 aromatic heterocycles. The van der Waals surface area contributed by atoms with Gasteiger partial charge in [-0.3, -0.25) is 9.59 Å². The third kappa shape index (κ3) is 4.40. The van der Waals surface area contributed by atoms with Crippen molar-refractivity contribution in [2.45, 2.75) is 19.3 Å². The van der Waals surface area contributed by atoms with Crippen LogP contribution in [0.25, 0.3) is 10.8 Å². The minimum absolute atomic E-state index is 0.0319. The van der Waals surface area contributed by atoms with Crippen LogP contribution in [-0.4, -0.2) is 36.4 Å². The Morgan fingerprint density at radius 2 is 1.59 bits per heavy atom. The number of hydrogen-bond acceptors (Lipinski definition) is 3. The van der Waals surface area contributed by atoms with Crippen LogP contribution < -0.4 is 10.1 Å². The van der Waals surface area contributed by atoms with E-state index in [0.717, 1.165) is 43.1 Å². The molecule has 148 valence electrons. The van der Waals surface area contributed by atoms with Crippen LogP contribution in [0.3, 0.4) is 0 Å². The minimum atomic E-state index is -0.295. The van der Waals surface area contributed by atoms with Gasteiger partial charge in [-0.1, -0.05) is 48.5 Å². The Hall–Kier alpha value is -3.34. The van der Waals surface area contributed by atoms with Crippen molar-refractivity contribution in [1.82, 2.24) is 4.90 Å². The zero-order chi connectivity index (χ0) is 20.1. The van der Waals surface area contributed by atoms with E-state index in [0.29, 0.717) is 17.0 Å². The molecule has 1 heterocycles. The molecule has 0 saturated carbocycles. The lowest BCUT2D eigenvalue weighted by Gasteiger charge is -2.27. The fourth-order valence-electron chi connectivity index (χ4n) is 3.70. The summed E-state index contributed by atoms with van der Waals surface area (Å²) < 4.78 is 5.76. The number of ether oxygens (including phenoxy) is 1. The Morgan fingerprint density at radius 1 is 0.862 bits per heavy atom. The molecule has 0 atom stereocenters. The highest BCUT2D eigenvalue weighted by atomic mass is 16.5. The maximum absolute atomic E-state index is 12.9. The Kier molecular flexibility index (Phi) is 5.75. The van der Waals surface area contributed by atoms with E-state index in [2.05, 4.69) is 5.32 Å². The number of likely N-dealkylation sites (tertiary alicyclic amines) is 1. The number of amides is 2. The highest BCUT2D eigenvalue weighted by Crippen LogP contribution is 2.25. The first-order valence-corrected chi connectivity index (χ1v) is 10.0. The summed E-state index contributed by atoms with van der Waals surface area (Å²) in [6.07, 6.45) is 3.21. The molecule has 1 aliphatic rings. The van der Waals surface area contributed by atoms with Gasteiger partial charge in [-0.05, 0) is 42.8 Å². The van der Waals surface area contributed by atoms with Gasteiger partial charge in [0.1, 0.15) is 5.75 Å². The van der Waals surface area contributed by atoms with E-state index in [1.54, 1.807) is 12.1 Å². The third-order valence-electron chi connectivity index (χ3n) is 5.18. The molecule has 5 heteroatoms. The number of rotatable bonds is 5. The Balaban J connectivity index is 1.44. The number of fused-ring (bicyclic) bond motifs is 1. The average molecular weight is 388 g/mol. The molecule has 0 spiro atoms. The van der Waals surface area contributed by atoms with Crippen molar-refractivity contribution < 1.29 is 14.3 Å². The van der Waals surface area contributed by atoms with Crippen LogP contribution in [0.5, 0.6) is 5.75 Å². The predicted molar refractivity (Wildman–Crippen MR) is 114 cm³/mol. The maximum Gasteiger partial charge on any atom is 0.262 e. The van der Waals surface area contributed by atoms with Gasteiger partial charge < -0.3 is 15.0 Å². The molecule has 1 aliphatic heterocycles. The van der Waals surface area contributed by atoms with Crippen molar-refractivity contribution in [1.29, 1.82) is 0 Å². The summed E-state index contributed by atoms with van der Waals surface area (Å²) in [5.41, 5.74) is 1.04. The molecule has 29 heavy (non-hydrogen) atoms. The van der Waals surface area contributed by atoms with Crippen molar-refractivity contribution in [3.05, 3.63) is 72.3 Å². The number of nitrogens with one attached hydrogen (secondary N) is 1. The number of anilines is 1. The summed E-state index contributed by atoms with van der Waals surface area (Å²) in [5.74, 6) is 0.336. The number of carbonyl (C=O) groups is 2. The fraction of sp³-hybridized carbons (Fsp3) is 0.250. The Bertz CT molecular complexity index is 1020. The molecule has 0 unspecified atom stereocenters. The zero-order valence-corrected chi connectivity index (χ0v) is 16.3. The average Bonchev–Trinajstić information content (AvgIpc) is 2.78. The monoisotopic (exact) mass is 388 g/mol. The zero-order valence-electron chi connectivity index (χ0n) is 16.3. The van der Waals surface area contributed by atoms with Gasteiger partial charge in [0.25, 0.3) is 11.8 Å². The van der Waals surface area contributed by atoms with Gasteiger partial charge in [0, 0.05) is 18.5 Å². The Morgan fingerprint density at radius 3 is 2.45 bits per heavy atom. The van der Waals surface area contributed by atoms with E-state index < -0.39 is 0 Å². The summed E-state index contributed by atoms with van der Waals surface area (Å²) >= 11 is 0. The predicted octanol–water partition coefficient (Wildman–Crippen LogP) is 4.48. The van der Waals surface area contributed by atoms with Crippen LogP contribution in [0.2, 0.25) is 0 Å². The van der Waals surface area contributed by atoms with Gasteiger partial charge in [0.2, 0.25) is 0 Å². The van der Waals surface area contributed by atoms with E-state index in [1.165, 1.54) is 0 Å². The van der Waals surface area contributed by atoms with Crippen molar-refractivity contribution in [3.63, 3.8) is 0 Å². The number of piperidine rings is 1. The highest BCUT2D eigenvalue weighted by Gasteiger charge is 2.21. The maximum atomic E-state index is 12.9. The molecule has 0 aliphatic carbocycles. The Labute approximate surface area is 170 Å². The smallest absolute Gasteiger partial charge is 0.262 e. The summed E-state index contributed by atoms with van der Waals surface area (Å²) in [6.45, 7) is 1.41. The first kappa shape index (κ1) is 19.0. The van der Waals surface area contributed by atoms with Crippen molar-refractivity contribution in [2.75, 3.05) is 25.0 Å². The number of nitrogens with zero attached hydrogens (tertiary/aromatic N) is 1. The number of benzene rings is 3. The lowest BCUT2D eigenvalue weighted by molar-refractivity contribution is -0.118. The van der Waals surface area contributed by atoms with Gasteiger partial charge >= 0.3 is 0 Å². The molecule has 2 amide bonds. The molecular weight excluding hydrogens is 364 g/mol. The fourth-order valence-corrected chi connectivity index (χ4v) is 3.70. The number of carbonyl (C=O) groups excluding carboxylic acids is 2. The van der Waals surface area contributed by atoms with Gasteiger partial charge in [-0.25, -0.2) is 0 Å². The van der Waals surface area contributed by atoms with E-state index >= 15 is 0 Å². The molecule has 0 bridgehead atoms. The molecule has 0 radical (unpaired) electrons. The van der Waals surface area contributed by atoms with Crippen LogP contribution in [0.15, 0.2) is 66.7 Å². The molecule has 1 fully saturated rings. The highest BCUT2D eigenvalue weighted by molar-refractivity contribution is 6.04. The first-order valence-electron chi connectivity index (χ1n) is 10.0. The molecule has 1 saturated heterocycles. The normalized spacial score (nSPS) is 13.9. The van der Waals surface area contributed by atoms with Gasteiger partial charge in [-0.15, -0.1) is 0 Å². The number of para-hydroxylation sites is 1. The van der Waals surface area contributed by atoms with E-state index in [1.807, 2.05) is 59.5 Å². The van der Waals surface area contributed by atoms with E-state index in [4.69, 9.17) is 4.74 Å². The van der Waals surface area contributed by atoms with Crippen molar-refractivity contribution in [3.8, 4) is 5.75 Å². The molecule has 1 N–H and O–H groups in total. The van der Waals surface area contributed by atoms with E-state index in [-0.39, 0.29) is 18.4 Å². The molecule has 3 aromatic carbocycles. The van der Waals surface area contributed by atoms with Crippen molar-refractivity contribution >= 4 is 28.3 Å². The first-order chi connectivity index (χ1) is 14.2. The van der Waals surface area contributed by atoms with Crippen LogP contribution in [0.4, 0.5) is 5.69 Å². The largest absolute Gasteiger partial charge is 0.483 e. The quantitative estimate of drug-likeness (QED) is 0.701. The minimum Gasteiger partial charge on any atom is -0.483 e. The van der Waals surface area contributed by atoms with Crippen LogP contribution in [0, 0.1) is 0 Å².